The summed E-state index contributed by atoms with van der Waals surface area (Å²) in [6, 6.07) is 29.4. The van der Waals surface area contributed by atoms with Crippen molar-refractivity contribution in [2.24, 2.45) is 9.98 Å². The van der Waals surface area contributed by atoms with Gasteiger partial charge in [0, 0.05) is 264 Å². The zero-order valence-electron chi connectivity index (χ0n) is 70.3. The molecule has 9 heterocycles. The molecule has 0 saturated heterocycles. The number of nitro groups is 1. The average molecular weight is 1770 g/mol. The zero-order chi connectivity index (χ0) is 84.3. The summed E-state index contributed by atoms with van der Waals surface area (Å²) in [6.07, 6.45) is 27.4. The third-order valence-electron chi connectivity index (χ3n) is 15.0. The first-order valence-corrected chi connectivity index (χ1v) is 39.3. The summed E-state index contributed by atoms with van der Waals surface area (Å²) >= 11 is 0. The molecule has 7 aromatic rings. The lowest BCUT2D eigenvalue weighted by molar-refractivity contribution is -0.384. The van der Waals surface area contributed by atoms with Gasteiger partial charge >= 0.3 is 5.69 Å². The molecule has 7 aromatic heterocycles. The van der Waals surface area contributed by atoms with Crippen molar-refractivity contribution in [3.8, 4) is 0 Å². The fourth-order valence-corrected chi connectivity index (χ4v) is 9.23. The highest BCUT2D eigenvalue weighted by Crippen LogP contribution is 2.20. The SMILES string of the molecule is C.C.C.C.C.C.C.C.C.COCCCCNc1ccccn1.COCCCNC1=NCCCC1.COCCCNC1=NCCCN1.COCCCNc1ccccn1.COCCCNc1ncccc1N.COCCCNc1ncccc1NC(C)=O.COCCCNc1ncccc1[N+](=O)[O-].COCCCNc1ncccn1.COCCNc1ccccn1. The molecule has 0 bridgehead atoms. The van der Waals surface area contributed by atoms with Crippen LogP contribution in [0.1, 0.15) is 157 Å². The number of nitrogens with two attached hydrogens (primary N) is 1. The molecule has 125 heavy (non-hydrogen) atoms. The first-order chi connectivity index (χ1) is 56.9. The Balaban J connectivity index is -0.000000172. The molecule has 0 radical (unpaired) electrons. The zero-order valence-corrected chi connectivity index (χ0v) is 70.3. The molecule has 0 aliphatic carbocycles. The van der Waals surface area contributed by atoms with Crippen LogP contribution in [0.25, 0.3) is 0 Å². The number of hydrogen-bond donors (Lipinski definition) is 12. The van der Waals surface area contributed by atoms with E-state index in [-0.39, 0.29) is 78.4 Å². The predicted molar refractivity (Wildman–Crippen MR) is 528 cm³/mol. The van der Waals surface area contributed by atoms with Gasteiger partial charge in [-0.25, -0.2) is 39.9 Å². The number of methoxy groups -OCH3 is 9. The molecule has 35 heteroatoms. The highest BCUT2D eigenvalue weighted by Gasteiger charge is 2.13. The highest BCUT2D eigenvalue weighted by molar-refractivity contribution is 5.91. The van der Waals surface area contributed by atoms with Crippen LogP contribution in [0.15, 0.2) is 157 Å². The largest absolute Gasteiger partial charge is 0.396 e. The number of guanidine groups is 1. The van der Waals surface area contributed by atoms with Gasteiger partial charge in [-0.05, 0) is 150 Å². The number of nitrogens with one attached hydrogen (secondary N) is 11. The van der Waals surface area contributed by atoms with E-state index >= 15 is 0 Å². The number of nitrogen functional groups attached to an aromatic ring is 1. The molecular weight excluding hydrogens is 1600 g/mol. The molecule has 718 valence electrons. The molecule has 0 atom stereocenters. The summed E-state index contributed by atoms with van der Waals surface area (Å²) in [5, 5.41) is 44.9. The van der Waals surface area contributed by atoms with E-state index in [4.69, 9.17) is 48.4 Å². The Morgan fingerprint density at radius 2 is 0.752 bits per heavy atom. The first-order valence-electron chi connectivity index (χ1n) is 39.3. The number of unbranched alkanes of at least 4 members (excludes halogenated alkanes) is 1. The lowest BCUT2D eigenvalue weighted by Gasteiger charge is -2.15. The smallest absolute Gasteiger partial charge is 0.311 e. The number of pyridine rings is 6. The Hall–Kier alpha value is -10.4. The second-order valence-corrected chi connectivity index (χ2v) is 24.6. The van der Waals surface area contributed by atoms with Crippen molar-refractivity contribution in [2.75, 3.05) is 250 Å². The van der Waals surface area contributed by atoms with E-state index in [9.17, 15) is 14.9 Å². The lowest BCUT2D eigenvalue weighted by atomic mass is 10.2. The third-order valence-corrected chi connectivity index (χ3v) is 15.0. The van der Waals surface area contributed by atoms with E-state index in [2.05, 4.69) is 108 Å². The van der Waals surface area contributed by atoms with Crippen LogP contribution < -0.4 is 64.2 Å². The minimum Gasteiger partial charge on any atom is -0.396 e. The van der Waals surface area contributed by atoms with Gasteiger partial charge in [0.2, 0.25) is 17.7 Å². The van der Waals surface area contributed by atoms with Crippen molar-refractivity contribution in [2.45, 2.75) is 157 Å². The van der Waals surface area contributed by atoms with Crippen molar-refractivity contribution < 1.29 is 52.3 Å². The Kier molecular flexibility index (Phi) is 107. The number of carbonyl (C=O) groups excluding carboxylic acids is 1. The summed E-state index contributed by atoms with van der Waals surface area (Å²) in [4.78, 5) is 62.3. The summed E-state index contributed by atoms with van der Waals surface area (Å²) in [5.41, 5.74) is 7.06. The van der Waals surface area contributed by atoms with Gasteiger partial charge in [0.05, 0.1) is 28.7 Å². The molecule has 0 saturated carbocycles. The number of hydrogen-bond acceptors (Lipinski definition) is 33. The molecule has 9 rings (SSSR count). The van der Waals surface area contributed by atoms with E-state index < -0.39 is 4.92 Å². The van der Waals surface area contributed by atoms with Gasteiger partial charge in [0.15, 0.2) is 5.96 Å². The molecule has 0 spiro atoms. The van der Waals surface area contributed by atoms with Gasteiger partial charge in [0.1, 0.15) is 29.1 Å². The van der Waals surface area contributed by atoms with Crippen LogP contribution in [0, 0.1) is 10.1 Å². The lowest BCUT2D eigenvalue weighted by Crippen LogP contribution is -2.41. The number of amidine groups is 1. The van der Waals surface area contributed by atoms with Crippen LogP contribution in [-0.2, 0) is 47.4 Å². The molecule has 0 aromatic carbocycles. The fourth-order valence-electron chi connectivity index (χ4n) is 9.23. The number of aliphatic imine (C=N–C) groups is 2. The van der Waals surface area contributed by atoms with E-state index in [0.29, 0.717) is 55.3 Å². The normalized spacial score (nSPS) is 10.5. The summed E-state index contributed by atoms with van der Waals surface area (Å²) < 4.78 is 44.3. The molecule has 1 amide bonds. The number of aromatic nitrogens is 8. The minimum atomic E-state index is -0.453. The Morgan fingerprint density at radius 3 is 1.18 bits per heavy atom. The van der Waals surface area contributed by atoms with Gasteiger partial charge in [-0.1, -0.05) is 85.0 Å². The molecule has 0 unspecified atom stereocenters. The van der Waals surface area contributed by atoms with Gasteiger partial charge in [-0.3, -0.25) is 24.9 Å². The fraction of sp³-hybridized carbons (Fsp3) is 0.589. The maximum atomic E-state index is 11.0. The number of carbonyl (C=O) groups is 1. The quantitative estimate of drug-likeness (QED) is 0.00958. The average Bonchev–Trinajstić information content (AvgIpc) is 0.876. The maximum Gasteiger partial charge on any atom is 0.311 e. The van der Waals surface area contributed by atoms with Crippen LogP contribution in [-0.4, -0.2) is 264 Å². The number of rotatable bonds is 45. The first kappa shape index (κ1) is 133. The van der Waals surface area contributed by atoms with Gasteiger partial charge in [-0.15, -0.1) is 0 Å². The van der Waals surface area contributed by atoms with Crippen LogP contribution in [0.4, 0.5) is 57.9 Å². The third kappa shape index (κ3) is 80.5. The minimum absolute atomic E-state index is 0. The maximum absolute atomic E-state index is 11.0. The summed E-state index contributed by atoms with van der Waals surface area (Å²) in [5.74, 6) is 7.21. The number of nitrogens with zero attached hydrogens (tertiary/aromatic N) is 11. The van der Waals surface area contributed by atoms with Crippen LogP contribution in [0.2, 0.25) is 0 Å². The van der Waals surface area contributed by atoms with Crippen molar-refractivity contribution in [3.63, 3.8) is 0 Å². The monoisotopic (exact) mass is 1770 g/mol. The van der Waals surface area contributed by atoms with Crippen LogP contribution in [0.5, 0.6) is 0 Å². The van der Waals surface area contributed by atoms with Crippen LogP contribution in [0.3, 0.4) is 0 Å². The second kappa shape index (κ2) is 101. The van der Waals surface area contributed by atoms with Crippen molar-refractivity contribution >= 4 is 75.6 Å². The molecular formula is C90H171N23O12. The molecule has 2 aliphatic heterocycles. The van der Waals surface area contributed by atoms with Crippen molar-refractivity contribution in [3.05, 3.63) is 157 Å². The standard InChI is InChI=1S/C11H17N3O2.C10H16N2O.C9H13N3O3.C9H15N3O.C9H18N2O.C9H14N2O.C8H17N3O.C8H13N3O.C8H12N2O.9CH4/c1-9(15)14-10-5-3-6-12-11(10)13-7-4-8-16-2;1-13-9-5-4-8-12-10-6-2-3-7-11-10;1-15-7-3-6-11-9-8(12(13)14)4-2-5-10-9;1-13-7-3-6-12-9-8(10)4-2-5-11-9;2*1-12-8-4-7-11-9-5-2-3-6-10-9;2*1-12-7-3-6-11-8-9-4-2-5-10-8;1-11-7-6-10-8-4-2-3-5-9-8;;;;;;;;;/h3,5-6H,4,7-8H2,1-2H3,(H,12,13)(H,14,15);2-3,6-7H,4-5,8-9H2,1H3,(H,11,12);2,4-5H,3,6-7H2,1H3,(H,10,11);2,4-5H,3,6-7,10H2,1H3,(H,11,12);2-8H2,1H3,(H,10,11);2-3,5-6H,4,7-8H2,1H3,(H,10,11);2-7H2,1H3,(H2,9,10,11);2,4-5H,3,6-7H2,1H3,(H,9,10,11);2-5H,6-7H2,1H3,(H,9,10);9*1H4. The summed E-state index contributed by atoms with van der Waals surface area (Å²) in [7, 11) is 15.2. The molecule has 0 fully saturated rings. The number of amides is 1. The molecule has 2 aliphatic rings. The Bertz CT molecular complexity index is 3340. The van der Waals surface area contributed by atoms with Gasteiger partial charge in [0.25, 0.3) is 0 Å². The molecule has 13 N–H and O–H groups in total. The second-order valence-electron chi connectivity index (χ2n) is 24.6. The van der Waals surface area contributed by atoms with E-state index in [1.54, 1.807) is 126 Å². The highest BCUT2D eigenvalue weighted by atomic mass is 16.6. The number of anilines is 9. The Labute approximate surface area is 754 Å². The van der Waals surface area contributed by atoms with Crippen molar-refractivity contribution in [1.29, 1.82) is 0 Å². The van der Waals surface area contributed by atoms with Gasteiger partial charge in [-0.2, -0.15) is 0 Å². The topological polar surface area (TPSA) is 429 Å². The predicted octanol–water partition coefficient (Wildman–Crippen LogP) is 16.4. The van der Waals surface area contributed by atoms with E-state index in [1.807, 2.05) is 72.8 Å². The number of ether oxygens (including phenoxy) is 9. The van der Waals surface area contributed by atoms with E-state index in [0.717, 1.165) is 211 Å². The van der Waals surface area contributed by atoms with Crippen LogP contribution >= 0.6 is 0 Å². The summed E-state index contributed by atoms with van der Waals surface area (Å²) in [6.45, 7) is 18.9. The van der Waals surface area contributed by atoms with Crippen molar-refractivity contribution in [1.82, 2.24) is 55.8 Å². The Morgan fingerprint density at radius 1 is 0.376 bits per heavy atom. The van der Waals surface area contributed by atoms with Gasteiger partial charge < -0.3 is 107 Å². The molecule has 35 nitrogen and oxygen atoms in total. The van der Waals surface area contributed by atoms with E-state index in [1.165, 1.54) is 37.9 Å².